The summed E-state index contributed by atoms with van der Waals surface area (Å²) in [5.41, 5.74) is 8.55. The second-order valence-corrected chi connectivity index (χ2v) is 4.39. The predicted octanol–water partition coefficient (Wildman–Crippen LogP) is 2.16. The molecule has 1 aromatic rings. The fourth-order valence-electron chi connectivity index (χ4n) is 2.34. The molecule has 0 unspecified atom stereocenters. The van der Waals surface area contributed by atoms with Gasteiger partial charge in [-0.2, -0.15) is 0 Å². The molecule has 0 aliphatic heterocycles. The fraction of sp³-hybridized carbons (Fsp3) is 0.583. The maximum absolute atomic E-state index is 5.67. The van der Waals surface area contributed by atoms with E-state index in [-0.39, 0.29) is 0 Å². The third-order valence-corrected chi connectivity index (χ3v) is 3.39. The van der Waals surface area contributed by atoms with E-state index in [4.69, 9.17) is 5.73 Å². The highest BCUT2D eigenvalue weighted by molar-refractivity contribution is 5.24. The Kier molecular flexibility index (Phi) is 2.55. The summed E-state index contributed by atoms with van der Waals surface area (Å²) in [6.45, 7) is 2.90. The van der Waals surface area contributed by atoms with Crippen LogP contribution in [-0.4, -0.2) is 11.5 Å². The Morgan fingerprint density at radius 2 is 2.29 bits per heavy atom. The minimum Gasteiger partial charge on any atom is -0.330 e. The quantitative estimate of drug-likeness (QED) is 0.793. The van der Waals surface area contributed by atoms with Gasteiger partial charge in [0, 0.05) is 17.3 Å². The minimum absolute atomic E-state index is 0.320. The molecule has 2 rings (SSSR count). The largest absolute Gasteiger partial charge is 0.330 e. The van der Waals surface area contributed by atoms with Gasteiger partial charge in [-0.3, -0.25) is 4.98 Å². The van der Waals surface area contributed by atoms with Crippen LogP contribution < -0.4 is 5.73 Å². The average molecular weight is 190 g/mol. The predicted molar refractivity (Wildman–Crippen MR) is 58.2 cm³/mol. The van der Waals surface area contributed by atoms with Crippen LogP contribution in [0.4, 0.5) is 0 Å². The number of nitrogens with two attached hydrogens (primary N) is 1. The third kappa shape index (κ3) is 1.55. The summed E-state index contributed by atoms with van der Waals surface area (Å²) in [4.78, 5) is 4.50. The van der Waals surface area contributed by atoms with Crippen molar-refractivity contribution < 1.29 is 0 Å². The molecule has 0 spiro atoms. The standard InChI is InChI=1S/C12H18N2/c1-10-3-8-14-11(9-10)12(6-7-13)4-2-5-12/h3,8-9H,2,4-7,13H2,1H3. The molecule has 76 valence electrons. The SMILES string of the molecule is Cc1ccnc(C2(CCN)CCC2)c1. The minimum atomic E-state index is 0.320. The molecular weight excluding hydrogens is 172 g/mol. The molecule has 1 aliphatic carbocycles. The van der Waals surface area contributed by atoms with Gasteiger partial charge in [0.2, 0.25) is 0 Å². The lowest BCUT2D eigenvalue weighted by atomic mass is 9.64. The van der Waals surface area contributed by atoms with Crippen molar-refractivity contribution in [3.05, 3.63) is 29.6 Å². The van der Waals surface area contributed by atoms with Gasteiger partial charge in [0.05, 0.1) is 0 Å². The molecule has 1 aliphatic rings. The Hall–Kier alpha value is -0.890. The Morgan fingerprint density at radius 3 is 2.79 bits per heavy atom. The summed E-state index contributed by atoms with van der Waals surface area (Å²) in [6, 6.07) is 4.27. The summed E-state index contributed by atoms with van der Waals surface area (Å²) in [5, 5.41) is 0. The molecule has 0 radical (unpaired) electrons. The highest BCUT2D eigenvalue weighted by Gasteiger charge is 2.38. The molecule has 14 heavy (non-hydrogen) atoms. The number of aryl methyl sites for hydroxylation is 1. The first-order valence-electron chi connectivity index (χ1n) is 5.40. The van der Waals surface area contributed by atoms with Gasteiger partial charge in [-0.1, -0.05) is 6.42 Å². The first kappa shape index (κ1) is 9.66. The lowest BCUT2D eigenvalue weighted by Crippen LogP contribution is -2.37. The lowest BCUT2D eigenvalue weighted by molar-refractivity contribution is 0.222. The summed E-state index contributed by atoms with van der Waals surface area (Å²) >= 11 is 0. The van der Waals surface area contributed by atoms with Gasteiger partial charge in [-0.25, -0.2) is 0 Å². The number of hydrogen-bond donors (Lipinski definition) is 1. The lowest BCUT2D eigenvalue weighted by Gasteiger charge is -2.41. The molecule has 0 amide bonds. The molecule has 1 fully saturated rings. The van der Waals surface area contributed by atoms with Gasteiger partial charge >= 0.3 is 0 Å². The number of hydrogen-bond acceptors (Lipinski definition) is 2. The van der Waals surface area contributed by atoms with Crippen LogP contribution in [0.2, 0.25) is 0 Å². The van der Waals surface area contributed by atoms with Crippen molar-refractivity contribution in [3.63, 3.8) is 0 Å². The topological polar surface area (TPSA) is 38.9 Å². The number of rotatable bonds is 3. The van der Waals surface area contributed by atoms with Crippen molar-refractivity contribution in [1.82, 2.24) is 4.98 Å². The van der Waals surface area contributed by atoms with Crippen molar-refractivity contribution in [3.8, 4) is 0 Å². The highest BCUT2D eigenvalue weighted by atomic mass is 14.7. The van der Waals surface area contributed by atoms with E-state index >= 15 is 0 Å². The van der Waals surface area contributed by atoms with Crippen molar-refractivity contribution in [2.24, 2.45) is 5.73 Å². The first-order chi connectivity index (χ1) is 6.77. The summed E-state index contributed by atoms with van der Waals surface area (Å²) in [7, 11) is 0. The van der Waals surface area contributed by atoms with Gasteiger partial charge in [0.25, 0.3) is 0 Å². The van der Waals surface area contributed by atoms with E-state index in [2.05, 4.69) is 24.0 Å². The zero-order valence-corrected chi connectivity index (χ0v) is 8.79. The van der Waals surface area contributed by atoms with E-state index in [9.17, 15) is 0 Å². The van der Waals surface area contributed by atoms with E-state index in [0.717, 1.165) is 13.0 Å². The molecule has 2 nitrogen and oxygen atoms in total. The zero-order valence-electron chi connectivity index (χ0n) is 8.79. The Morgan fingerprint density at radius 1 is 1.50 bits per heavy atom. The molecule has 0 bridgehead atoms. The smallest absolute Gasteiger partial charge is 0.0468 e. The van der Waals surface area contributed by atoms with Crippen LogP contribution in [0.1, 0.15) is 36.9 Å². The Labute approximate surface area is 85.5 Å². The summed E-state index contributed by atoms with van der Waals surface area (Å²) < 4.78 is 0. The molecule has 0 atom stereocenters. The molecule has 0 saturated heterocycles. The molecule has 1 saturated carbocycles. The van der Waals surface area contributed by atoms with Crippen molar-refractivity contribution in [2.75, 3.05) is 6.54 Å². The van der Waals surface area contributed by atoms with Gasteiger partial charge < -0.3 is 5.73 Å². The van der Waals surface area contributed by atoms with Gasteiger partial charge in [-0.15, -0.1) is 0 Å². The number of pyridine rings is 1. The second kappa shape index (κ2) is 3.70. The molecule has 0 aromatic carbocycles. The van der Waals surface area contributed by atoms with Crippen LogP contribution in [0.3, 0.4) is 0 Å². The van der Waals surface area contributed by atoms with Crippen molar-refractivity contribution in [2.45, 2.75) is 38.0 Å². The normalized spacial score (nSPS) is 19.0. The maximum Gasteiger partial charge on any atom is 0.0468 e. The fourth-order valence-corrected chi connectivity index (χ4v) is 2.34. The monoisotopic (exact) mass is 190 g/mol. The summed E-state index contributed by atoms with van der Waals surface area (Å²) in [5.74, 6) is 0. The second-order valence-electron chi connectivity index (χ2n) is 4.39. The van der Waals surface area contributed by atoms with E-state index in [1.165, 1.54) is 30.5 Å². The average Bonchev–Trinajstić information content (AvgIpc) is 2.11. The molecule has 1 aromatic heterocycles. The molecule has 2 heteroatoms. The van der Waals surface area contributed by atoms with E-state index in [1.807, 2.05) is 6.20 Å². The van der Waals surface area contributed by atoms with E-state index in [1.54, 1.807) is 0 Å². The number of aromatic nitrogens is 1. The molecule has 2 N–H and O–H groups in total. The number of nitrogens with zero attached hydrogens (tertiary/aromatic N) is 1. The van der Waals surface area contributed by atoms with Gasteiger partial charge in [0.1, 0.15) is 0 Å². The van der Waals surface area contributed by atoms with Gasteiger partial charge in [-0.05, 0) is 50.4 Å². The van der Waals surface area contributed by atoms with Crippen LogP contribution in [0.5, 0.6) is 0 Å². The third-order valence-electron chi connectivity index (χ3n) is 3.39. The van der Waals surface area contributed by atoms with Crippen LogP contribution in [-0.2, 0) is 5.41 Å². The van der Waals surface area contributed by atoms with Crippen molar-refractivity contribution >= 4 is 0 Å². The first-order valence-corrected chi connectivity index (χ1v) is 5.40. The summed E-state index contributed by atoms with van der Waals surface area (Å²) in [6.07, 6.45) is 6.86. The van der Waals surface area contributed by atoms with E-state index in [0.29, 0.717) is 5.41 Å². The van der Waals surface area contributed by atoms with Crippen LogP contribution in [0.25, 0.3) is 0 Å². The Balaban J connectivity index is 2.27. The van der Waals surface area contributed by atoms with Gasteiger partial charge in [0.15, 0.2) is 0 Å². The van der Waals surface area contributed by atoms with Crippen LogP contribution in [0, 0.1) is 6.92 Å². The van der Waals surface area contributed by atoms with Crippen LogP contribution in [0.15, 0.2) is 18.3 Å². The zero-order chi connectivity index (χ0) is 10.0. The molecule has 1 heterocycles. The molecular formula is C12H18N2. The van der Waals surface area contributed by atoms with Crippen LogP contribution >= 0.6 is 0 Å². The Bertz CT molecular complexity index is 316. The van der Waals surface area contributed by atoms with Crippen molar-refractivity contribution in [1.29, 1.82) is 0 Å². The maximum atomic E-state index is 5.67. The van der Waals surface area contributed by atoms with E-state index < -0.39 is 0 Å². The highest BCUT2D eigenvalue weighted by Crippen LogP contribution is 2.45.